The minimum absolute atomic E-state index is 0.183. The van der Waals surface area contributed by atoms with Crippen LogP contribution in [0.5, 0.6) is 5.75 Å². The lowest BCUT2D eigenvalue weighted by Gasteiger charge is -2.23. The van der Waals surface area contributed by atoms with Crippen molar-refractivity contribution in [3.8, 4) is 11.8 Å². The van der Waals surface area contributed by atoms with E-state index in [9.17, 15) is 13.2 Å². The fourth-order valence-corrected chi connectivity index (χ4v) is 2.93. The van der Waals surface area contributed by atoms with E-state index in [4.69, 9.17) is 21.3 Å². The van der Waals surface area contributed by atoms with E-state index < -0.39 is 23.5 Å². The molecule has 0 radical (unpaired) electrons. The lowest BCUT2D eigenvalue weighted by Crippen LogP contribution is -2.28. The molecule has 28 heavy (non-hydrogen) atoms. The highest BCUT2D eigenvalue weighted by Crippen LogP contribution is 2.36. The Kier molecular flexibility index (Phi) is 5.39. The molecular weight excluding hydrogens is 373 g/mol. The molecule has 1 aliphatic heterocycles. The van der Waals surface area contributed by atoms with Crippen molar-refractivity contribution in [1.82, 2.24) is 4.98 Å². The molecular formula is C19H15F3N4O2. The molecule has 0 saturated carbocycles. The van der Waals surface area contributed by atoms with E-state index in [2.05, 4.69) is 9.83 Å². The lowest BCUT2D eigenvalue weighted by molar-refractivity contribution is -0.137. The van der Waals surface area contributed by atoms with Gasteiger partial charge in [-0.3, -0.25) is 0 Å². The molecule has 1 aromatic heterocycles. The van der Waals surface area contributed by atoms with Crippen LogP contribution in [-0.2, 0) is 10.9 Å². The van der Waals surface area contributed by atoms with E-state index in [1.165, 1.54) is 24.4 Å². The maximum atomic E-state index is 13.2. The van der Waals surface area contributed by atoms with Crippen molar-refractivity contribution >= 4 is 11.5 Å². The Morgan fingerprint density at radius 3 is 2.79 bits per heavy atom. The first-order valence-electron chi connectivity index (χ1n) is 8.31. The number of ether oxygens (including phenoxy) is 2. The maximum absolute atomic E-state index is 13.2. The zero-order chi connectivity index (χ0) is 20.3. The van der Waals surface area contributed by atoms with Gasteiger partial charge >= 0.3 is 6.18 Å². The van der Waals surface area contributed by atoms with Crippen LogP contribution < -0.4 is 9.64 Å². The number of aromatic nitrogens is 1. The minimum atomic E-state index is -4.61. The normalized spacial score (nSPS) is 19.1. The van der Waals surface area contributed by atoms with Gasteiger partial charge in [0, 0.05) is 5.69 Å². The molecule has 2 heterocycles. The molecule has 3 rings (SSSR count). The molecule has 0 bridgehead atoms. The third-order valence-corrected chi connectivity index (χ3v) is 4.26. The Morgan fingerprint density at radius 1 is 1.39 bits per heavy atom. The summed E-state index contributed by atoms with van der Waals surface area (Å²) in [6, 6.07) is 8.33. The average Bonchev–Trinajstić information content (AvgIpc) is 3.06. The third-order valence-electron chi connectivity index (χ3n) is 4.26. The highest BCUT2D eigenvalue weighted by atomic mass is 19.4. The molecule has 1 fully saturated rings. The molecule has 1 aliphatic rings. The lowest BCUT2D eigenvalue weighted by atomic mass is 10.1. The van der Waals surface area contributed by atoms with Gasteiger partial charge in [0.05, 0.1) is 23.7 Å². The number of nitrogens with zero attached hydrogens (tertiary/aromatic N) is 4. The summed E-state index contributed by atoms with van der Waals surface area (Å²) in [6.07, 6.45) is -4.00. The van der Waals surface area contributed by atoms with E-state index in [1.54, 1.807) is 24.0 Å². The quantitative estimate of drug-likeness (QED) is 0.737. The van der Waals surface area contributed by atoms with Gasteiger partial charge in [0.1, 0.15) is 18.9 Å². The highest BCUT2D eigenvalue weighted by molar-refractivity contribution is 5.55. The van der Waals surface area contributed by atoms with Crippen molar-refractivity contribution in [2.75, 3.05) is 18.1 Å². The van der Waals surface area contributed by atoms with Crippen LogP contribution in [-0.4, -0.2) is 30.5 Å². The van der Waals surface area contributed by atoms with Crippen LogP contribution in [0.25, 0.3) is 4.85 Å². The molecule has 0 amide bonds. The van der Waals surface area contributed by atoms with Gasteiger partial charge in [-0.25, -0.2) is 0 Å². The van der Waals surface area contributed by atoms with Crippen LogP contribution in [0, 0.1) is 17.9 Å². The van der Waals surface area contributed by atoms with Crippen molar-refractivity contribution in [2.24, 2.45) is 0 Å². The summed E-state index contributed by atoms with van der Waals surface area (Å²) in [5.74, 6) is 0.727. The van der Waals surface area contributed by atoms with E-state index in [-0.39, 0.29) is 18.5 Å². The largest absolute Gasteiger partial charge is 0.487 e. The van der Waals surface area contributed by atoms with Crippen molar-refractivity contribution in [3.63, 3.8) is 0 Å². The van der Waals surface area contributed by atoms with Gasteiger partial charge < -0.3 is 19.2 Å². The summed E-state index contributed by atoms with van der Waals surface area (Å²) in [4.78, 5) is 8.78. The molecule has 1 saturated heterocycles. The highest BCUT2D eigenvalue weighted by Gasteiger charge is 2.36. The van der Waals surface area contributed by atoms with Crippen LogP contribution in [0.4, 0.5) is 24.7 Å². The van der Waals surface area contributed by atoms with Gasteiger partial charge in [-0.1, -0.05) is 6.57 Å². The molecule has 2 aromatic rings. The average molecular weight is 388 g/mol. The predicted octanol–water partition coefficient (Wildman–Crippen LogP) is 4.15. The molecule has 144 valence electrons. The summed E-state index contributed by atoms with van der Waals surface area (Å²) in [5.41, 5.74) is -1.06. The van der Waals surface area contributed by atoms with Gasteiger partial charge in [-0.05, 0) is 37.3 Å². The Hall–Kier alpha value is -3.30. The van der Waals surface area contributed by atoms with Crippen molar-refractivity contribution in [1.29, 1.82) is 5.26 Å². The number of hydrogen-bond donors (Lipinski definition) is 0. The second-order valence-electron chi connectivity index (χ2n) is 6.12. The maximum Gasteiger partial charge on any atom is 0.417 e. The Morgan fingerprint density at radius 2 is 2.18 bits per heavy atom. The van der Waals surface area contributed by atoms with Crippen LogP contribution in [0.2, 0.25) is 0 Å². The Bertz CT molecular complexity index is 932. The molecule has 0 aliphatic carbocycles. The number of anilines is 1. The fourth-order valence-electron chi connectivity index (χ4n) is 2.93. The summed E-state index contributed by atoms with van der Waals surface area (Å²) >= 11 is 0. The number of nitriles is 1. The summed E-state index contributed by atoms with van der Waals surface area (Å²) in [5, 5.41) is 8.92. The van der Waals surface area contributed by atoms with Gasteiger partial charge in [0.2, 0.25) is 0 Å². The smallest absolute Gasteiger partial charge is 0.417 e. The molecule has 2 atom stereocenters. The van der Waals surface area contributed by atoms with Crippen LogP contribution in [0.15, 0.2) is 36.5 Å². The summed E-state index contributed by atoms with van der Waals surface area (Å²) in [7, 11) is 0. The van der Waals surface area contributed by atoms with Gasteiger partial charge in [0.25, 0.3) is 5.82 Å². The van der Waals surface area contributed by atoms with Crippen LogP contribution >= 0.6 is 0 Å². The molecule has 1 aromatic carbocycles. The van der Waals surface area contributed by atoms with Crippen LogP contribution in [0.3, 0.4) is 0 Å². The van der Waals surface area contributed by atoms with Crippen LogP contribution in [0.1, 0.15) is 18.1 Å². The first kappa shape index (κ1) is 19.5. The number of alkyl halides is 3. The Balaban J connectivity index is 1.69. The SMILES string of the molecule is [C-]#[N+]c1ccc(OC[C@@H]2CN(c3ccc(C#N)c(C(F)(F)F)c3)[C@H](C)O2)cn1. The second-order valence-corrected chi connectivity index (χ2v) is 6.12. The number of hydrogen-bond acceptors (Lipinski definition) is 5. The van der Waals surface area contributed by atoms with Crippen molar-refractivity contribution < 1.29 is 22.6 Å². The summed E-state index contributed by atoms with van der Waals surface area (Å²) < 4.78 is 50.9. The van der Waals surface area contributed by atoms with E-state index in [0.717, 1.165) is 6.07 Å². The van der Waals surface area contributed by atoms with E-state index >= 15 is 0 Å². The van der Waals surface area contributed by atoms with Gasteiger partial charge in [-0.15, -0.1) is 4.98 Å². The number of benzene rings is 1. The molecule has 6 nitrogen and oxygen atoms in total. The second kappa shape index (κ2) is 7.75. The van der Waals surface area contributed by atoms with E-state index in [1.807, 2.05) is 0 Å². The molecule has 0 unspecified atom stereocenters. The van der Waals surface area contributed by atoms with Gasteiger partial charge in [-0.2, -0.15) is 18.4 Å². The van der Waals surface area contributed by atoms with Crippen molar-refractivity contribution in [2.45, 2.75) is 25.4 Å². The molecule has 0 N–H and O–H groups in total. The molecule has 9 heteroatoms. The standard InChI is InChI=1S/C19H15F3N4O2/c1-12-26(14-4-3-13(8-23)17(7-14)19(20,21)22)10-16(28-12)11-27-15-5-6-18(24-2)25-9-15/h3-7,9,12,16H,10-11H2,1H3/t12-,16-/m0/s1. The van der Waals surface area contributed by atoms with E-state index in [0.29, 0.717) is 18.0 Å². The zero-order valence-corrected chi connectivity index (χ0v) is 14.8. The zero-order valence-electron chi connectivity index (χ0n) is 14.8. The number of rotatable bonds is 4. The number of pyridine rings is 1. The third kappa shape index (κ3) is 4.16. The Labute approximate surface area is 159 Å². The molecule has 0 spiro atoms. The number of halogens is 3. The first-order chi connectivity index (χ1) is 13.3. The topological polar surface area (TPSA) is 62.7 Å². The van der Waals surface area contributed by atoms with Gasteiger partial charge in [0.15, 0.2) is 11.9 Å². The monoisotopic (exact) mass is 388 g/mol. The van der Waals surface area contributed by atoms with Crippen molar-refractivity contribution in [3.05, 3.63) is 59.1 Å². The first-order valence-corrected chi connectivity index (χ1v) is 8.31. The predicted molar refractivity (Wildman–Crippen MR) is 93.8 cm³/mol. The summed E-state index contributed by atoms with van der Waals surface area (Å²) in [6.45, 7) is 9.11. The minimum Gasteiger partial charge on any atom is -0.487 e. The fraction of sp³-hybridized carbons (Fsp3) is 0.316.